The van der Waals surface area contributed by atoms with Gasteiger partial charge in [0, 0.05) is 23.7 Å². The maximum atomic E-state index is 12.8. The van der Waals surface area contributed by atoms with E-state index in [4.69, 9.17) is 0 Å². The first-order chi connectivity index (χ1) is 14.0. The monoisotopic (exact) mass is 432 g/mol. The van der Waals surface area contributed by atoms with Gasteiger partial charge < -0.3 is 5.32 Å². The van der Waals surface area contributed by atoms with Crippen LogP contribution >= 0.6 is 11.8 Å². The molecule has 1 aliphatic heterocycles. The third-order valence-corrected chi connectivity index (χ3v) is 7.84. The maximum Gasteiger partial charge on any atom is 0.228 e. The molecule has 7 heteroatoms. The highest BCUT2D eigenvalue weighted by molar-refractivity contribution is 7.98. The number of aryl methyl sites for hydroxylation is 1. The van der Waals surface area contributed by atoms with E-state index in [0.29, 0.717) is 25.8 Å². The van der Waals surface area contributed by atoms with Gasteiger partial charge in [-0.25, -0.2) is 12.7 Å². The lowest BCUT2D eigenvalue weighted by atomic mass is 9.99. The molecular formula is C22H28N2O3S2. The second kappa shape index (κ2) is 10.3. The minimum Gasteiger partial charge on any atom is -0.326 e. The Morgan fingerprint density at radius 2 is 1.97 bits per heavy atom. The fourth-order valence-electron chi connectivity index (χ4n) is 3.59. The Kier molecular flexibility index (Phi) is 7.75. The van der Waals surface area contributed by atoms with Crippen molar-refractivity contribution in [2.45, 2.75) is 30.6 Å². The van der Waals surface area contributed by atoms with Crippen LogP contribution in [0.4, 0.5) is 5.69 Å². The van der Waals surface area contributed by atoms with Crippen molar-refractivity contribution in [2.75, 3.05) is 30.4 Å². The molecule has 1 N–H and O–H groups in total. The summed E-state index contributed by atoms with van der Waals surface area (Å²) in [5.74, 6) is -0.301. The predicted octanol–water partition coefficient (Wildman–Crippen LogP) is 4.02. The van der Waals surface area contributed by atoms with Crippen molar-refractivity contribution in [2.24, 2.45) is 5.92 Å². The van der Waals surface area contributed by atoms with Crippen LogP contribution in [0.5, 0.6) is 0 Å². The molecule has 1 saturated heterocycles. The van der Waals surface area contributed by atoms with E-state index >= 15 is 0 Å². The Labute approximate surface area is 177 Å². The molecule has 0 aliphatic carbocycles. The average Bonchev–Trinajstić information content (AvgIpc) is 2.74. The second-order valence-electron chi connectivity index (χ2n) is 7.32. The molecule has 1 fully saturated rings. The number of hydrogen-bond donors (Lipinski definition) is 1. The summed E-state index contributed by atoms with van der Waals surface area (Å²) in [5, 5.41) is 2.95. The number of sulfonamides is 1. The standard InChI is InChI=1S/C22H28N2O3S2/c1-28-21-13-5-12-20(16-21)23-22(25)19-11-6-14-24(17-19)29(26,27)15-7-10-18-8-3-2-4-9-18/h2-5,8-9,12-13,16,19H,6-7,10-11,14-15,17H2,1H3,(H,23,25)/t19-/m0/s1. The molecule has 5 nitrogen and oxygen atoms in total. The smallest absolute Gasteiger partial charge is 0.228 e. The average molecular weight is 433 g/mol. The zero-order chi connectivity index (χ0) is 20.7. The molecule has 0 spiro atoms. The minimum absolute atomic E-state index is 0.104. The summed E-state index contributed by atoms with van der Waals surface area (Å²) in [7, 11) is -3.35. The van der Waals surface area contributed by atoms with Gasteiger partial charge in [0.1, 0.15) is 0 Å². The van der Waals surface area contributed by atoms with E-state index in [9.17, 15) is 13.2 Å². The van der Waals surface area contributed by atoms with Gasteiger partial charge in [0.2, 0.25) is 15.9 Å². The highest BCUT2D eigenvalue weighted by Crippen LogP contribution is 2.23. The van der Waals surface area contributed by atoms with Crippen molar-refractivity contribution >= 4 is 33.4 Å². The van der Waals surface area contributed by atoms with Crippen LogP contribution < -0.4 is 5.32 Å². The summed E-state index contributed by atoms with van der Waals surface area (Å²) < 4.78 is 27.1. The number of anilines is 1. The van der Waals surface area contributed by atoms with Crippen LogP contribution in [0.2, 0.25) is 0 Å². The van der Waals surface area contributed by atoms with Crippen LogP contribution in [0.15, 0.2) is 59.5 Å². The van der Waals surface area contributed by atoms with Gasteiger partial charge in [-0.2, -0.15) is 0 Å². The lowest BCUT2D eigenvalue weighted by molar-refractivity contribution is -0.120. The van der Waals surface area contributed by atoms with Gasteiger partial charge in [-0.1, -0.05) is 36.4 Å². The Bertz CT molecular complexity index is 917. The normalized spacial score (nSPS) is 17.8. The van der Waals surface area contributed by atoms with Gasteiger partial charge in [0.05, 0.1) is 11.7 Å². The fraction of sp³-hybridized carbons (Fsp3) is 0.409. The molecular weight excluding hydrogens is 404 g/mol. The predicted molar refractivity (Wildman–Crippen MR) is 120 cm³/mol. The number of amides is 1. The molecule has 156 valence electrons. The number of carbonyl (C=O) groups excluding carboxylic acids is 1. The van der Waals surface area contributed by atoms with Crippen molar-refractivity contribution in [1.82, 2.24) is 4.31 Å². The highest BCUT2D eigenvalue weighted by Gasteiger charge is 2.32. The lowest BCUT2D eigenvalue weighted by Gasteiger charge is -2.31. The third kappa shape index (κ3) is 6.32. The quantitative estimate of drug-likeness (QED) is 0.640. The molecule has 29 heavy (non-hydrogen) atoms. The molecule has 0 radical (unpaired) electrons. The maximum absolute atomic E-state index is 12.8. The number of benzene rings is 2. The Morgan fingerprint density at radius 1 is 1.17 bits per heavy atom. The molecule has 1 aliphatic rings. The van der Waals surface area contributed by atoms with E-state index in [1.165, 1.54) is 4.31 Å². The fourth-order valence-corrected chi connectivity index (χ4v) is 5.63. The van der Waals surface area contributed by atoms with Crippen molar-refractivity contribution in [3.05, 3.63) is 60.2 Å². The molecule has 0 aromatic heterocycles. The van der Waals surface area contributed by atoms with Crippen LogP contribution in [-0.2, 0) is 21.2 Å². The molecule has 2 aromatic carbocycles. The first-order valence-electron chi connectivity index (χ1n) is 9.94. The van der Waals surface area contributed by atoms with Crippen LogP contribution in [0.1, 0.15) is 24.8 Å². The number of thioether (sulfide) groups is 1. The molecule has 1 atom stereocenters. The summed E-state index contributed by atoms with van der Waals surface area (Å²) in [5.41, 5.74) is 1.90. The molecule has 1 amide bonds. The lowest BCUT2D eigenvalue weighted by Crippen LogP contribution is -2.44. The van der Waals surface area contributed by atoms with Crippen molar-refractivity contribution < 1.29 is 13.2 Å². The first-order valence-corrected chi connectivity index (χ1v) is 12.8. The van der Waals surface area contributed by atoms with E-state index < -0.39 is 10.0 Å². The van der Waals surface area contributed by atoms with Gasteiger partial charge in [0.15, 0.2) is 0 Å². The molecule has 2 aromatic rings. The van der Waals surface area contributed by atoms with E-state index in [0.717, 1.165) is 22.6 Å². The van der Waals surface area contributed by atoms with E-state index in [-0.39, 0.29) is 24.1 Å². The summed E-state index contributed by atoms with van der Waals surface area (Å²) in [6.45, 7) is 0.765. The topological polar surface area (TPSA) is 66.5 Å². The molecule has 0 bridgehead atoms. The van der Waals surface area contributed by atoms with Crippen LogP contribution in [0.3, 0.4) is 0 Å². The zero-order valence-corrected chi connectivity index (χ0v) is 18.3. The Hall–Kier alpha value is -1.83. The molecule has 1 heterocycles. The number of hydrogen-bond acceptors (Lipinski definition) is 4. The van der Waals surface area contributed by atoms with Crippen molar-refractivity contribution in [3.8, 4) is 0 Å². The van der Waals surface area contributed by atoms with Gasteiger partial charge in [0.25, 0.3) is 0 Å². The van der Waals surface area contributed by atoms with Gasteiger partial charge >= 0.3 is 0 Å². The van der Waals surface area contributed by atoms with Crippen molar-refractivity contribution in [3.63, 3.8) is 0 Å². The van der Waals surface area contributed by atoms with Crippen LogP contribution in [0, 0.1) is 5.92 Å². The third-order valence-electron chi connectivity index (χ3n) is 5.20. The van der Waals surface area contributed by atoms with Gasteiger partial charge in [-0.15, -0.1) is 11.8 Å². The number of nitrogens with zero attached hydrogens (tertiary/aromatic N) is 1. The molecule has 3 rings (SSSR count). The summed E-state index contributed by atoms with van der Waals surface area (Å²) >= 11 is 1.62. The second-order valence-corrected chi connectivity index (χ2v) is 10.3. The Morgan fingerprint density at radius 3 is 2.72 bits per heavy atom. The summed E-state index contributed by atoms with van der Waals surface area (Å²) in [4.78, 5) is 13.8. The Balaban J connectivity index is 1.55. The van der Waals surface area contributed by atoms with Gasteiger partial charge in [-0.05, 0) is 55.7 Å². The molecule has 0 unspecified atom stereocenters. The number of carbonyl (C=O) groups is 1. The van der Waals surface area contributed by atoms with Crippen molar-refractivity contribution in [1.29, 1.82) is 0 Å². The highest BCUT2D eigenvalue weighted by atomic mass is 32.2. The zero-order valence-electron chi connectivity index (χ0n) is 16.7. The van der Waals surface area contributed by atoms with E-state index in [1.807, 2.05) is 60.9 Å². The summed E-state index contributed by atoms with van der Waals surface area (Å²) in [6.07, 6.45) is 4.73. The van der Waals surface area contributed by atoms with E-state index in [1.54, 1.807) is 11.8 Å². The molecule has 0 saturated carbocycles. The largest absolute Gasteiger partial charge is 0.326 e. The summed E-state index contributed by atoms with van der Waals surface area (Å²) in [6, 6.07) is 17.6. The number of piperidine rings is 1. The minimum atomic E-state index is -3.35. The first kappa shape index (κ1) is 21.9. The SMILES string of the molecule is CSc1cccc(NC(=O)[C@H]2CCCN(S(=O)(=O)CCCc3ccccc3)C2)c1. The number of nitrogens with one attached hydrogen (secondary N) is 1. The van der Waals surface area contributed by atoms with Crippen LogP contribution in [0.25, 0.3) is 0 Å². The van der Waals surface area contributed by atoms with Crippen LogP contribution in [-0.4, -0.2) is 43.7 Å². The number of rotatable bonds is 8. The van der Waals surface area contributed by atoms with Gasteiger partial charge in [-0.3, -0.25) is 4.79 Å². The van der Waals surface area contributed by atoms with E-state index in [2.05, 4.69) is 5.32 Å².